The fourth-order valence-corrected chi connectivity index (χ4v) is 4.19. The van der Waals surface area contributed by atoms with Crippen LogP contribution in [0.1, 0.15) is 22.7 Å². The Morgan fingerprint density at radius 2 is 1.62 bits per heavy atom. The van der Waals surface area contributed by atoms with Crippen LogP contribution in [0.15, 0.2) is 97.5 Å². The van der Waals surface area contributed by atoms with Gasteiger partial charge in [0.05, 0.1) is 16.9 Å². The molecule has 166 valence electrons. The van der Waals surface area contributed by atoms with Crippen LogP contribution in [0, 0.1) is 6.92 Å². The number of hydrazine groups is 1. The molecule has 0 spiro atoms. The number of nitrogens with zero attached hydrogens (tertiary/aromatic N) is 3. The van der Waals surface area contributed by atoms with Crippen molar-refractivity contribution in [1.82, 2.24) is 20.4 Å². The maximum absolute atomic E-state index is 12.9. The van der Waals surface area contributed by atoms with Gasteiger partial charge in [-0.05, 0) is 42.3 Å². The second-order valence-corrected chi connectivity index (χ2v) is 8.10. The molecule has 1 atom stereocenters. The van der Waals surface area contributed by atoms with E-state index in [4.69, 9.17) is 10.8 Å². The van der Waals surface area contributed by atoms with Crippen molar-refractivity contribution in [2.24, 2.45) is 5.84 Å². The van der Waals surface area contributed by atoms with E-state index >= 15 is 0 Å². The summed E-state index contributed by atoms with van der Waals surface area (Å²) in [5, 5.41) is 0.794. The van der Waals surface area contributed by atoms with Crippen molar-refractivity contribution in [1.29, 1.82) is 0 Å². The summed E-state index contributed by atoms with van der Waals surface area (Å²) in [5.74, 6) is 4.51. The zero-order chi connectivity index (χ0) is 23.5. The average Bonchev–Trinajstić information content (AvgIpc) is 2.89. The minimum Gasteiger partial charge on any atom is -0.293 e. The molecule has 5 rings (SSSR count). The van der Waals surface area contributed by atoms with Gasteiger partial charge in [0.25, 0.3) is 0 Å². The lowest BCUT2D eigenvalue weighted by Gasteiger charge is -2.18. The van der Waals surface area contributed by atoms with Gasteiger partial charge in [0.15, 0.2) is 0 Å². The predicted octanol–water partition coefficient (Wildman–Crippen LogP) is 4.79. The van der Waals surface area contributed by atoms with E-state index in [0.29, 0.717) is 5.69 Å². The van der Waals surface area contributed by atoms with Crippen LogP contribution in [-0.2, 0) is 4.79 Å². The van der Waals surface area contributed by atoms with Crippen molar-refractivity contribution in [3.05, 3.63) is 114 Å². The summed E-state index contributed by atoms with van der Waals surface area (Å²) in [5.41, 5.74) is 9.47. The first kappa shape index (κ1) is 21.4. The van der Waals surface area contributed by atoms with Crippen LogP contribution >= 0.6 is 0 Å². The smallest absolute Gasteiger partial charge is 0.247 e. The Hall–Kier alpha value is -4.42. The third kappa shape index (κ3) is 4.02. The van der Waals surface area contributed by atoms with Gasteiger partial charge < -0.3 is 0 Å². The van der Waals surface area contributed by atoms with Crippen LogP contribution in [0.25, 0.3) is 33.3 Å². The zero-order valence-electron chi connectivity index (χ0n) is 18.6. The first-order valence-corrected chi connectivity index (χ1v) is 11.0. The Labute approximate surface area is 197 Å². The number of amides is 1. The number of benzene rings is 2. The van der Waals surface area contributed by atoms with Gasteiger partial charge in [0.2, 0.25) is 5.91 Å². The molecule has 5 aromatic rings. The highest BCUT2D eigenvalue weighted by molar-refractivity contribution is 5.96. The third-order valence-electron chi connectivity index (χ3n) is 5.90. The molecular formula is C28H23N5O. The van der Waals surface area contributed by atoms with Crippen LogP contribution in [0.2, 0.25) is 0 Å². The number of fused-ring (bicyclic) bond motifs is 1. The summed E-state index contributed by atoms with van der Waals surface area (Å²) >= 11 is 0. The molecule has 0 saturated heterocycles. The number of aryl methyl sites for hydroxylation is 1. The van der Waals surface area contributed by atoms with E-state index < -0.39 is 5.92 Å². The highest BCUT2D eigenvalue weighted by Gasteiger charge is 2.26. The topological polar surface area (TPSA) is 93.8 Å². The molecule has 0 saturated carbocycles. The molecule has 0 bridgehead atoms. The lowest BCUT2D eigenvalue weighted by atomic mass is 9.90. The van der Waals surface area contributed by atoms with Crippen molar-refractivity contribution in [2.45, 2.75) is 12.8 Å². The van der Waals surface area contributed by atoms with Gasteiger partial charge in [0, 0.05) is 35.1 Å². The molecule has 0 fully saturated rings. The SMILES string of the molecule is Cc1ccc(-c2nc3ccnc(C(C(=O)NN)c4ccncc4)c3cc2-c2ccccc2)cc1. The Morgan fingerprint density at radius 3 is 2.32 bits per heavy atom. The Kier molecular flexibility index (Phi) is 5.81. The molecule has 3 N–H and O–H groups in total. The number of aromatic nitrogens is 3. The van der Waals surface area contributed by atoms with Gasteiger partial charge in [0.1, 0.15) is 5.92 Å². The van der Waals surface area contributed by atoms with Crippen LogP contribution in [0.4, 0.5) is 0 Å². The molecule has 34 heavy (non-hydrogen) atoms. The molecule has 2 aromatic carbocycles. The molecule has 6 heteroatoms. The largest absolute Gasteiger partial charge is 0.293 e. The third-order valence-corrected chi connectivity index (χ3v) is 5.90. The minimum absolute atomic E-state index is 0.352. The molecular weight excluding hydrogens is 422 g/mol. The van der Waals surface area contributed by atoms with Gasteiger partial charge >= 0.3 is 0 Å². The van der Waals surface area contributed by atoms with Gasteiger partial charge in [-0.3, -0.25) is 20.2 Å². The van der Waals surface area contributed by atoms with Crippen molar-refractivity contribution in [3.8, 4) is 22.4 Å². The molecule has 0 aliphatic rings. The van der Waals surface area contributed by atoms with Crippen LogP contribution in [0.5, 0.6) is 0 Å². The normalized spacial score (nSPS) is 11.8. The molecule has 0 radical (unpaired) electrons. The Balaban J connectivity index is 1.79. The molecule has 0 aliphatic heterocycles. The number of nitrogens with one attached hydrogen (secondary N) is 1. The summed E-state index contributed by atoms with van der Waals surface area (Å²) in [6.45, 7) is 2.06. The maximum Gasteiger partial charge on any atom is 0.247 e. The van der Waals surface area contributed by atoms with Crippen LogP contribution in [-0.4, -0.2) is 20.9 Å². The molecule has 1 unspecified atom stereocenters. The molecule has 6 nitrogen and oxygen atoms in total. The Morgan fingerprint density at radius 1 is 0.882 bits per heavy atom. The Bertz CT molecular complexity index is 1450. The molecule has 0 aliphatic carbocycles. The summed E-state index contributed by atoms with van der Waals surface area (Å²) in [6, 6.07) is 26.0. The quantitative estimate of drug-likeness (QED) is 0.230. The first-order valence-electron chi connectivity index (χ1n) is 11.0. The van der Waals surface area contributed by atoms with E-state index in [1.165, 1.54) is 5.56 Å². The predicted molar refractivity (Wildman–Crippen MR) is 134 cm³/mol. The van der Waals surface area contributed by atoms with E-state index in [-0.39, 0.29) is 5.91 Å². The van der Waals surface area contributed by atoms with E-state index in [9.17, 15) is 4.79 Å². The van der Waals surface area contributed by atoms with E-state index in [0.717, 1.165) is 38.9 Å². The van der Waals surface area contributed by atoms with Crippen LogP contribution < -0.4 is 11.3 Å². The van der Waals surface area contributed by atoms with Gasteiger partial charge in [-0.1, -0.05) is 60.2 Å². The fourth-order valence-electron chi connectivity index (χ4n) is 4.19. The fraction of sp³-hybridized carbons (Fsp3) is 0.0714. The summed E-state index contributed by atoms with van der Waals surface area (Å²) in [7, 11) is 0. The summed E-state index contributed by atoms with van der Waals surface area (Å²) < 4.78 is 0. The number of carbonyl (C=O) groups excluding carboxylic acids is 1. The van der Waals surface area contributed by atoms with Gasteiger partial charge in [-0.2, -0.15) is 0 Å². The number of nitrogens with two attached hydrogens (primary N) is 1. The number of hydrogen-bond acceptors (Lipinski definition) is 5. The van der Waals surface area contributed by atoms with Crippen molar-refractivity contribution < 1.29 is 4.79 Å². The first-order chi connectivity index (χ1) is 16.7. The van der Waals surface area contributed by atoms with Gasteiger partial charge in [-0.25, -0.2) is 10.8 Å². The van der Waals surface area contributed by atoms with Crippen molar-refractivity contribution in [3.63, 3.8) is 0 Å². The highest BCUT2D eigenvalue weighted by Crippen LogP contribution is 2.36. The van der Waals surface area contributed by atoms with E-state index in [1.54, 1.807) is 30.7 Å². The standard InChI is InChI=1S/C28H23N5O/c1-18-7-9-21(10-8-18)26-22(19-5-3-2-4-6-19)17-23-24(32-26)13-16-31-27(23)25(28(34)33-29)20-11-14-30-15-12-20/h2-17,25H,29H2,1H3,(H,33,34). The summed E-state index contributed by atoms with van der Waals surface area (Å²) in [4.78, 5) is 26.7. The van der Waals surface area contributed by atoms with Crippen molar-refractivity contribution >= 4 is 16.8 Å². The van der Waals surface area contributed by atoms with Crippen molar-refractivity contribution in [2.75, 3.05) is 0 Å². The number of rotatable bonds is 5. The molecule has 3 aromatic heterocycles. The second kappa shape index (κ2) is 9.21. The number of hydrogen-bond donors (Lipinski definition) is 2. The second-order valence-electron chi connectivity index (χ2n) is 8.10. The zero-order valence-corrected chi connectivity index (χ0v) is 18.6. The van der Waals surface area contributed by atoms with E-state index in [1.807, 2.05) is 24.3 Å². The lowest BCUT2D eigenvalue weighted by Crippen LogP contribution is -2.35. The van der Waals surface area contributed by atoms with E-state index in [2.05, 4.69) is 64.8 Å². The highest BCUT2D eigenvalue weighted by atomic mass is 16.2. The monoisotopic (exact) mass is 445 g/mol. The summed E-state index contributed by atoms with van der Waals surface area (Å²) in [6.07, 6.45) is 4.99. The maximum atomic E-state index is 12.9. The minimum atomic E-state index is -0.702. The number of carbonyl (C=O) groups is 1. The molecule has 1 amide bonds. The number of pyridine rings is 3. The molecule has 3 heterocycles. The lowest BCUT2D eigenvalue weighted by molar-refractivity contribution is -0.121. The average molecular weight is 446 g/mol. The van der Waals surface area contributed by atoms with Gasteiger partial charge in [-0.15, -0.1) is 0 Å². The van der Waals surface area contributed by atoms with Crippen LogP contribution in [0.3, 0.4) is 0 Å².